The summed E-state index contributed by atoms with van der Waals surface area (Å²) in [5.41, 5.74) is 1.23. The van der Waals surface area contributed by atoms with E-state index < -0.39 is 0 Å². The molecule has 0 aromatic carbocycles. The molecule has 1 aliphatic rings. The van der Waals surface area contributed by atoms with E-state index in [0.717, 1.165) is 0 Å². The fraction of sp³-hybridized carbons (Fsp3) is 0.583. The van der Waals surface area contributed by atoms with Crippen LogP contribution in [0, 0.1) is 0 Å². The number of halogens is 2. The summed E-state index contributed by atoms with van der Waals surface area (Å²) < 4.78 is 0. The highest BCUT2D eigenvalue weighted by Crippen LogP contribution is 2.41. The number of rotatable bonds is 1. The van der Waals surface area contributed by atoms with Crippen LogP contribution in [0.5, 0.6) is 0 Å². The van der Waals surface area contributed by atoms with Gasteiger partial charge in [-0.1, -0.05) is 50.9 Å². The third-order valence-electron chi connectivity index (χ3n) is 1.83. The van der Waals surface area contributed by atoms with E-state index in [2.05, 4.69) is 4.98 Å². The zero-order chi connectivity index (χ0) is 11.8. The minimum absolute atomic E-state index is 0.499. The summed E-state index contributed by atoms with van der Waals surface area (Å²) >= 11 is 11.5. The maximum absolute atomic E-state index is 5.73. The molecule has 0 unspecified atom stereocenters. The number of hydrogen-bond donors (Lipinski definition) is 0. The lowest BCUT2D eigenvalue weighted by Gasteiger charge is -1.98. The van der Waals surface area contributed by atoms with E-state index in [-0.39, 0.29) is 0 Å². The second-order valence-corrected chi connectivity index (χ2v) is 3.59. The summed E-state index contributed by atoms with van der Waals surface area (Å²) in [4.78, 5) is 3.88. The van der Waals surface area contributed by atoms with Crippen LogP contribution in [0.25, 0.3) is 0 Å². The molecule has 0 atom stereocenters. The van der Waals surface area contributed by atoms with Crippen LogP contribution in [0.3, 0.4) is 0 Å². The Hall–Kier alpha value is -0.270. The Labute approximate surface area is 103 Å². The van der Waals surface area contributed by atoms with Crippen LogP contribution >= 0.6 is 23.2 Å². The Morgan fingerprint density at radius 1 is 1.00 bits per heavy atom. The molecule has 1 nitrogen and oxygen atoms in total. The molecule has 1 aromatic heterocycles. The van der Waals surface area contributed by atoms with Crippen molar-refractivity contribution in [2.45, 2.75) is 46.5 Å². The first-order valence-electron chi connectivity index (χ1n) is 5.59. The molecule has 0 radical (unpaired) electrons. The second-order valence-electron chi connectivity index (χ2n) is 2.82. The zero-order valence-electron chi connectivity index (χ0n) is 9.85. The Morgan fingerprint density at radius 2 is 1.40 bits per heavy atom. The Bertz CT molecular complexity index is 263. The lowest BCUT2D eigenvalue weighted by Crippen LogP contribution is -1.82. The van der Waals surface area contributed by atoms with Crippen molar-refractivity contribution in [3.63, 3.8) is 0 Å². The quantitative estimate of drug-likeness (QED) is 0.613. The van der Waals surface area contributed by atoms with Crippen LogP contribution in [0.4, 0.5) is 0 Å². The van der Waals surface area contributed by atoms with Crippen molar-refractivity contribution < 1.29 is 0 Å². The first-order chi connectivity index (χ1) is 7.25. The van der Waals surface area contributed by atoms with E-state index >= 15 is 0 Å². The summed E-state index contributed by atoms with van der Waals surface area (Å²) in [6, 6.07) is 3.79. The van der Waals surface area contributed by atoms with Crippen molar-refractivity contribution >= 4 is 23.2 Å². The second kappa shape index (κ2) is 7.95. The lowest BCUT2D eigenvalue weighted by atomic mass is 10.2. The molecule has 2 rings (SSSR count). The largest absolute Gasteiger partial charge is 0.224 e. The van der Waals surface area contributed by atoms with Gasteiger partial charge in [0.1, 0.15) is 10.3 Å². The molecule has 1 fully saturated rings. The van der Waals surface area contributed by atoms with Crippen molar-refractivity contribution in [1.29, 1.82) is 0 Å². The molecule has 3 heteroatoms. The summed E-state index contributed by atoms with van der Waals surface area (Å²) in [6.07, 6.45) is 2.52. The highest BCUT2D eigenvalue weighted by Gasteiger charge is 2.24. The molecule has 0 N–H and O–H groups in total. The predicted molar refractivity (Wildman–Crippen MR) is 68.9 cm³/mol. The van der Waals surface area contributed by atoms with Gasteiger partial charge in [-0.3, -0.25) is 0 Å². The fourth-order valence-electron chi connectivity index (χ4n) is 1.14. The molecular formula is C12H19Cl2N. The monoisotopic (exact) mass is 247 g/mol. The van der Waals surface area contributed by atoms with Gasteiger partial charge in [0, 0.05) is 0 Å². The maximum atomic E-state index is 5.73. The number of aromatic nitrogens is 1. The summed E-state index contributed by atoms with van der Waals surface area (Å²) in [7, 11) is 0. The van der Waals surface area contributed by atoms with E-state index in [4.69, 9.17) is 23.2 Å². The van der Waals surface area contributed by atoms with Crippen LogP contribution in [0.15, 0.2) is 12.1 Å². The molecule has 0 saturated heterocycles. The molecule has 86 valence electrons. The molecule has 0 bridgehead atoms. The highest BCUT2D eigenvalue weighted by atomic mass is 35.5. The highest BCUT2D eigenvalue weighted by molar-refractivity contribution is 6.32. The van der Waals surface area contributed by atoms with Gasteiger partial charge in [0.2, 0.25) is 0 Å². The Morgan fingerprint density at radius 3 is 1.73 bits per heavy atom. The maximum Gasteiger partial charge on any atom is 0.131 e. The molecule has 15 heavy (non-hydrogen) atoms. The van der Waals surface area contributed by atoms with Crippen LogP contribution < -0.4 is 0 Å². The molecule has 1 aromatic rings. The van der Waals surface area contributed by atoms with Gasteiger partial charge in [-0.05, 0) is 36.5 Å². The minimum atomic E-state index is 0.499. The summed E-state index contributed by atoms with van der Waals surface area (Å²) in [5, 5.41) is 0.999. The van der Waals surface area contributed by atoms with Crippen molar-refractivity contribution in [1.82, 2.24) is 4.98 Å². The van der Waals surface area contributed by atoms with Crippen LogP contribution in [0.2, 0.25) is 10.3 Å². The van der Waals surface area contributed by atoms with Gasteiger partial charge >= 0.3 is 0 Å². The van der Waals surface area contributed by atoms with Crippen molar-refractivity contribution in [3.8, 4) is 0 Å². The van der Waals surface area contributed by atoms with E-state index in [0.29, 0.717) is 16.2 Å². The fourth-order valence-corrected chi connectivity index (χ4v) is 1.61. The number of pyridine rings is 1. The van der Waals surface area contributed by atoms with Gasteiger partial charge in [0.25, 0.3) is 0 Å². The zero-order valence-corrected chi connectivity index (χ0v) is 11.4. The molecule has 1 heterocycles. The van der Waals surface area contributed by atoms with Crippen LogP contribution in [0.1, 0.15) is 52.0 Å². The number of hydrogen-bond acceptors (Lipinski definition) is 1. The van der Waals surface area contributed by atoms with Gasteiger partial charge in [0.15, 0.2) is 0 Å². The summed E-state index contributed by atoms with van der Waals surface area (Å²) in [6.45, 7) is 8.00. The van der Waals surface area contributed by atoms with E-state index in [1.807, 2.05) is 39.8 Å². The molecule has 0 aliphatic heterocycles. The van der Waals surface area contributed by atoms with E-state index in [9.17, 15) is 0 Å². The van der Waals surface area contributed by atoms with Crippen molar-refractivity contribution in [2.24, 2.45) is 0 Å². The normalized spacial score (nSPS) is 13.2. The van der Waals surface area contributed by atoms with E-state index in [1.165, 1.54) is 18.4 Å². The van der Waals surface area contributed by atoms with Gasteiger partial charge < -0.3 is 0 Å². The third-order valence-corrected chi connectivity index (χ3v) is 2.22. The molecule has 0 spiro atoms. The first kappa shape index (κ1) is 14.7. The topological polar surface area (TPSA) is 12.9 Å². The van der Waals surface area contributed by atoms with Gasteiger partial charge in [-0.2, -0.15) is 0 Å². The standard InChI is InChI=1S/C8H7Cl2N.2C2H6/c9-7-3-6(5-1-2-5)4-8(10)11-7;2*1-2/h3-5H,1-2H2;2*1-2H3. The molecular weight excluding hydrogens is 229 g/mol. The average Bonchev–Trinajstić information content (AvgIpc) is 3.06. The Balaban J connectivity index is 0.000000442. The van der Waals surface area contributed by atoms with Crippen molar-refractivity contribution in [2.75, 3.05) is 0 Å². The Kier molecular flexibility index (Phi) is 7.81. The van der Waals surface area contributed by atoms with E-state index in [1.54, 1.807) is 0 Å². The molecule has 0 amide bonds. The van der Waals surface area contributed by atoms with Crippen molar-refractivity contribution in [3.05, 3.63) is 28.0 Å². The summed E-state index contributed by atoms with van der Waals surface area (Å²) in [5.74, 6) is 0.688. The molecule has 1 saturated carbocycles. The number of nitrogens with zero attached hydrogens (tertiary/aromatic N) is 1. The first-order valence-corrected chi connectivity index (χ1v) is 6.34. The van der Waals surface area contributed by atoms with Gasteiger partial charge in [-0.15, -0.1) is 0 Å². The third kappa shape index (κ3) is 5.39. The van der Waals surface area contributed by atoms with Crippen LogP contribution in [-0.4, -0.2) is 4.98 Å². The average molecular weight is 248 g/mol. The molecule has 1 aliphatic carbocycles. The van der Waals surface area contributed by atoms with Gasteiger partial charge in [0.05, 0.1) is 0 Å². The lowest BCUT2D eigenvalue weighted by molar-refractivity contribution is 1.11. The van der Waals surface area contributed by atoms with Crippen LogP contribution in [-0.2, 0) is 0 Å². The SMILES string of the molecule is CC.CC.Clc1cc(C2CC2)cc(Cl)n1. The van der Waals surface area contributed by atoms with Gasteiger partial charge in [-0.25, -0.2) is 4.98 Å². The predicted octanol–water partition coefficient (Wildman–Crippen LogP) is 5.32. The minimum Gasteiger partial charge on any atom is -0.224 e. The smallest absolute Gasteiger partial charge is 0.131 e.